The minimum Gasteiger partial charge on any atom is -0.493 e. The lowest BCUT2D eigenvalue weighted by Gasteiger charge is -2.13. The van der Waals surface area contributed by atoms with Gasteiger partial charge in [-0.1, -0.05) is 24.6 Å². The first-order valence-corrected chi connectivity index (χ1v) is 14.0. The summed E-state index contributed by atoms with van der Waals surface area (Å²) in [7, 11) is 3.17. The summed E-state index contributed by atoms with van der Waals surface area (Å²) in [5.74, 6) is 0.498. The first-order valence-electron chi connectivity index (χ1n) is 13.2. The third-order valence-electron chi connectivity index (χ3n) is 6.84. The van der Waals surface area contributed by atoms with Crippen molar-refractivity contribution in [3.63, 3.8) is 0 Å². The van der Waals surface area contributed by atoms with Gasteiger partial charge in [-0.15, -0.1) is 11.3 Å². The van der Waals surface area contributed by atoms with Crippen LogP contribution in [0.15, 0.2) is 48.5 Å². The van der Waals surface area contributed by atoms with Gasteiger partial charge in [0.05, 0.1) is 42.7 Å². The number of aryl methyl sites for hydroxylation is 1. The van der Waals surface area contributed by atoms with Crippen LogP contribution in [0.1, 0.15) is 64.3 Å². The highest BCUT2D eigenvalue weighted by Crippen LogP contribution is 2.39. The first kappa shape index (κ1) is 26.7. The quantitative estimate of drug-likeness (QED) is 0.198. The summed E-state index contributed by atoms with van der Waals surface area (Å²) >= 11 is 1.49. The Morgan fingerprint density at radius 1 is 0.949 bits per heavy atom. The van der Waals surface area contributed by atoms with Gasteiger partial charge in [0, 0.05) is 15.8 Å². The van der Waals surface area contributed by atoms with Gasteiger partial charge in [-0.2, -0.15) is 0 Å². The van der Waals surface area contributed by atoms with Crippen molar-refractivity contribution in [2.24, 2.45) is 0 Å². The third-order valence-corrected chi connectivity index (χ3v) is 8.04. The van der Waals surface area contributed by atoms with Crippen LogP contribution in [0.25, 0.3) is 22.2 Å². The number of para-hydroxylation sites is 1. The first-order chi connectivity index (χ1) is 18.9. The molecule has 0 aliphatic heterocycles. The lowest BCUT2D eigenvalue weighted by molar-refractivity contribution is 0.0378. The molecule has 0 unspecified atom stereocenters. The number of ether oxygens (including phenoxy) is 3. The maximum Gasteiger partial charge on any atom is 0.341 e. The molecule has 2 aromatic heterocycles. The van der Waals surface area contributed by atoms with Crippen molar-refractivity contribution in [3.05, 3.63) is 70.1 Å². The minimum absolute atomic E-state index is 0.254. The largest absolute Gasteiger partial charge is 0.493 e. The van der Waals surface area contributed by atoms with Crippen LogP contribution in [0.5, 0.6) is 11.5 Å². The van der Waals surface area contributed by atoms with Crippen molar-refractivity contribution < 1.29 is 23.8 Å². The SMILES string of the molecule is COc1ccc(-c2cc(C(=O)Nc3sc4c(c3C(=O)OC(C)C)CCCCC4)c3ccccc3n2)cc1OC. The Labute approximate surface area is 232 Å². The Hall–Kier alpha value is -3.91. The molecular formula is C31H32N2O5S. The highest BCUT2D eigenvalue weighted by molar-refractivity contribution is 7.17. The topological polar surface area (TPSA) is 86.8 Å². The van der Waals surface area contributed by atoms with E-state index in [-0.39, 0.29) is 18.0 Å². The van der Waals surface area contributed by atoms with Crippen molar-refractivity contribution in [3.8, 4) is 22.8 Å². The molecule has 1 amide bonds. The molecular weight excluding hydrogens is 512 g/mol. The van der Waals surface area contributed by atoms with Gasteiger partial charge in [0.2, 0.25) is 0 Å². The Bertz CT molecular complexity index is 1540. The highest BCUT2D eigenvalue weighted by atomic mass is 32.1. The normalized spacial score (nSPS) is 13.1. The fourth-order valence-corrected chi connectivity index (χ4v) is 6.27. The monoisotopic (exact) mass is 544 g/mol. The zero-order valence-corrected chi connectivity index (χ0v) is 23.4. The molecule has 0 spiro atoms. The molecule has 8 heteroatoms. The number of aromatic nitrogens is 1. The summed E-state index contributed by atoms with van der Waals surface area (Å²) in [4.78, 5) is 33.1. The van der Waals surface area contributed by atoms with Gasteiger partial charge in [-0.3, -0.25) is 4.79 Å². The van der Waals surface area contributed by atoms with Crippen molar-refractivity contribution >= 4 is 39.1 Å². The number of hydrogen-bond acceptors (Lipinski definition) is 7. The van der Waals surface area contributed by atoms with Crippen molar-refractivity contribution in [1.29, 1.82) is 0 Å². The van der Waals surface area contributed by atoms with E-state index >= 15 is 0 Å². The average Bonchev–Trinajstić information content (AvgIpc) is 3.11. The summed E-state index contributed by atoms with van der Waals surface area (Å²) in [6.07, 6.45) is 4.68. The molecule has 7 nitrogen and oxygen atoms in total. The number of nitrogens with one attached hydrogen (secondary N) is 1. The minimum atomic E-state index is -0.384. The number of nitrogens with zero attached hydrogens (tertiary/aromatic N) is 1. The average molecular weight is 545 g/mol. The standard InChI is InChI=1S/C31H32N2O5S/c1-18(2)38-31(35)28-21-11-6-5-7-13-27(21)39-30(28)33-29(34)22-17-24(32-23-12-9-8-10-20(22)23)19-14-15-25(36-3)26(16-19)37-4/h8-10,12,14-18H,5-7,11,13H2,1-4H3,(H,33,34). The fraction of sp³-hybridized carbons (Fsp3) is 0.323. The number of hydrogen-bond donors (Lipinski definition) is 1. The van der Waals surface area contributed by atoms with Crippen LogP contribution in [-0.2, 0) is 17.6 Å². The van der Waals surface area contributed by atoms with E-state index in [0.29, 0.717) is 38.8 Å². The molecule has 1 N–H and O–H groups in total. The van der Waals surface area contributed by atoms with E-state index in [1.807, 2.05) is 56.3 Å². The van der Waals surface area contributed by atoms with Gasteiger partial charge >= 0.3 is 5.97 Å². The van der Waals surface area contributed by atoms with Gasteiger partial charge in [-0.05, 0) is 75.4 Å². The number of amides is 1. The van der Waals surface area contributed by atoms with Crippen LogP contribution in [-0.4, -0.2) is 37.2 Å². The molecule has 0 fully saturated rings. The number of fused-ring (bicyclic) bond motifs is 2. The smallest absolute Gasteiger partial charge is 0.341 e. The Morgan fingerprint density at radius 2 is 1.72 bits per heavy atom. The molecule has 0 saturated carbocycles. The lowest BCUT2D eigenvalue weighted by atomic mass is 10.0. The number of carbonyl (C=O) groups excluding carboxylic acids is 2. The number of esters is 1. The number of anilines is 1. The predicted octanol–water partition coefficient (Wildman–Crippen LogP) is 7.07. The fourth-order valence-electron chi connectivity index (χ4n) is 5.00. The van der Waals surface area contributed by atoms with E-state index in [0.717, 1.165) is 53.5 Å². The molecule has 0 radical (unpaired) electrons. The Balaban J connectivity index is 1.57. The van der Waals surface area contributed by atoms with Crippen LogP contribution < -0.4 is 14.8 Å². The summed E-state index contributed by atoms with van der Waals surface area (Å²) in [6.45, 7) is 3.67. The van der Waals surface area contributed by atoms with Gasteiger partial charge in [0.15, 0.2) is 11.5 Å². The second-order valence-corrected chi connectivity index (χ2v) is 10.9. The van der Waals surface area contributed by atoms with Gasteiger partial charge in [-0.25, -0.2) is 9.78 Å². The number of rotatable bonds is 7. The van der Waals surface area contributed by atoms with Crippen LogP contribution in [0.4, 0.5) is 5.00 Å². The van der Waals surface area contributed by atoms with Gasteiger partial charge in [0.1, 0.15) is 5.00 Å². The maximum absolute atomic E-state index is 13.9. The van der Waals surface area contributed by atoms with E-state index in [1.54, 1.807) is 20.3 Å². The number of carbonyl (C=O) groups is 2. The second-order valence-electron chi connectivity index (χ2n) is 9.82. The van der Waals surface area contributed by atoms with Crippen LogP contribution in [0.3, 0.4) is 0 Å². The van der Waals surface area contributed by atoms with E-state index in [1.165, 1.54) is 11.3 Å². The predicted molar refractivity (Wildman–Crippen MR) is 154 cm³/mol. The molecule has 0 bridgehead atoms. The number of thiophene rings is 1. The molecule has 39 heavy (non-hydrogen) atoms. The Kier molecular flexibility index (Phi) is 7.84. The molecule has 5 rings (SSSR count). The van der Waals surface area contributed by atoms with Gasteiger partial charge in [0.25, 0.3) is 5.91 Å². The molecule has 4 aromatic rings. The summed E-state index contributed by atoms with van der Waals surface area (Å²) in [5, 5.41) is 4.35. The van der Waals surface area contributed by atoms with Crippen LogP contribution in [0, 0.1) is 0 Å². The zero-order chi connectivity index (χ0) is 27.5. The number of methoxy groups -OCH3 is 2. The highest BCUT2D eigenvalue weighted by Gasteiger charge is 2.28. The second kappa shape index (κ2) is 11.5. The van der Waals surface area contributed by atoms with E-state index in [9.17, 15) is 9.59 Å². The molecule has 1 aliphatic rings. The number of pyridine rings is 1. The number of benzene rings is 2. The molecule has 0 saturated heterocycles. The van der Waals surface area contributed by atoms with Crippen LogP contribution in [0.2, 0.25) is 0 Å². The molecule has 0 atom stereocenters. The van der Waals surface area contributed by atoms with E-state index < -0.39 is 0 Å². The maximum atomic E-state index is 13.9. The Morgan fingerprint density at radius 3 is 2.49 bits per heavy atom. The van der Waals surface area contributed by atoms with E-state index in [2.05, 4.69) is 5.32 Å². The molecule has 202 valence electrons. The molecule has 2 heterocycles. The van der Waals surface area contributed by atoms with Crippen molar-refractivity contribution in [1.82, 2.24) is 4.98 Å². The van der Waals surface area contributed by atoms with Crippen molar-refractivity contribution in [2.45, 2.75) is 52.1 Å². The summed E-state index contributed by atoms with van der Waals surface area (Å²) in [6, 6.07) is 14.9. The lowest BCUT2D eigenvalue weighted by Crippen LogP contribution is -2.18. The zero-order valence-electron chi connectivity index (χ0n) is 22.6. The van der Waals surface area contributed by atoms with E-state index in [4.69, 9.17) is 19.2 Å². The molecule has 1 aliphatic carbocycles. The van der Waals surface area contributed by atoms with Crippen molar-refractivity contribution in [2.75, 3.05) is 19.5 Å². The molecule has 2 aromatic carbocycles. The summed E-state index contributed by atoms with van der Waals surface area (Å²) in [5.41, 5.74) is 4.09. The summed E-state index contributed by atoms with van der Waals surface area (Å²) < 4.78 is 16.5. The third kappa shape index (κ3) is 5.47. The van der Waals surface area contributed by atoms with Gasteiger partial charge < -0.3 is 19.5 Å². The van der Waals surface area contributed by atoms with Crippen LogP contribution >= 0.6 is 11.3 Å².